The maximum Gasteiger partial charge on any atom is 0.230 e. The van der Waals surface area contributed by atoms with Gasteiger partial charge in [-0.25, -0.2) is 4.39 Å². The van der Waals surface area contributed by atoms with Crippen LogP contribution in [0.4, 0.5) is 4.39 Å². The average Bonchev–Trinajstić information content (AvgIpc) is 3.31. The fourth-order valence-electron chi connectivity index (χ4n) is 4.62. The van der Waals surface area contributed by atoms with Gasteiger partial charge in [-0.15, -0.1) is 0 Å². The van der Waals surface area contributed by atoms with Crippen molar-refractivity contribution in [3.05, 3.63) is 35.6 Å². The van der Waals surface area contributed by atoms with Gasteiger partial charge in [-0.3, -0.25) is 9.69 Å². The average molecular weight is 362 g/mol. The van der Waals surface area contributed by atoms with Crippen molar-refractivity contribution in [2.24, 2.45) is 0 Å². The number of likely N-dealkylation sites (tertiary alicyclic amines) is 1. The fourth-order valence-corrected chi connectivity index (χ4v) is 4.62. The second-order valence-electron chi connectivity index (χ2n) is 7.78. The number of hydrogen-bond acceptors (Lipinski definition) is 3. The second kappa shape index (κ2) is 8.96. The second-order valence-corrected chi connectivity index (χ2v) is 7.78. The molecule has 0 bridgehead atoms. The van der Waals surface area contributed by atoms with Crippen LogP contribution in [0.3, 0.4) is 0 Å². The van der Waals surface area contributed by atoms with Crippen molar-refractivity contribution < 1.29 is 14.3 Å². The number of amides is 1. The Morgan fingerprint density at radius 2 is 2.08 bits per heavy atom. The molecule has 4 nitrogen and oxygen atoms in total. The van der Waals surface area contributed by atoms with Crippen LogP contribution in [-0.4, -0.2) is 48.2 Å². The van der Waals surface area contributed by atoms with Crippen molar-refractivity contribution in [3.8, 4) is 0 Å². The van der Waals surface area contributed by atoms with Crippen LogP contribution in [0.15, 0.2) is 24.3 Å². The number of benzene rings is 1. The summed E-state index contributed by atoms with van der Waals surface area (Å²) in [5.74, 6) is -0.222. The minimum Gasteiger partial charge on any atom is -0.395 e. The van der Waals surface area contributed by atoms with E-state index in [2.05, 4.69) is 10.2 Å². The number of carbonyl (C=O) groups is 1. The molecule has 1 aromatic carbocycles. The van der Waals surface area contributed by atoms with Gasteiger partial charge in [-0.1, -0.05) is 25.0 Å². The smallest absolute Gasteiger partial charge is 0.230 e. The van der Waals surface area contributed by atoms with Crippen molar-refractivity contribution in [3.63, 3.8) is 0 Å². The molecule has 3 rings (SSSR count). The van der Waals surface area contributed by atoms with Gasteiger partial charge in [-0.2, -0.15) is 0 Å². The van der Waals surface area contributed by atoms with Gasteiger partial charge in [0.1, 0.15) is 5.82 Å². The largest absolute Gasteiger partial charge is 0.395 e. The lowest BCUT2D eigenvalue weighted by Crippen LogP contribution is -2.43. The molecule has 1 amide bonds. The molecule has 0 radical (unpaired) electrons. The van der Waals surface area contributed by atoms with E-state index in [9.17, 15) is 14.3 Å². The third-order valence-electron chi connectivity index (χ3n) is 6.14. The van der Waals surface area contributed by atoms with Gasteiger partial charge in [0.15, 0.2) is 0 Å². The van der Waals surface area contributed by atoms with Crippen molar-refractivity contribution in [1.82, 2.24) is 10.2 Å². The summed E-state index contributed by atoms with van der Waals surface area (Å²) in [4.78, 5) is 15.3. The normalized spacial score (nSPS) is 22.6. The summed E-state index contributed by atoms with van der Waals surface area (Å²) in [6, 6.07) is 6.86. The van der Waals surface area contributed by atoms with Crippen LogP contribution in [0, 0.1) is 5.82 Å². The third kappa shape index (κ3) is 4.26. The van der Waals surface area contributed by atoms with E-state index in [-0.39, 0.29) is 18.3 Å². The van der Waals surface area contributed by atoms with E-state index in [1.54, 1.807) is 6.07 Å². The highest BCUT2D eigenvalue weighted by Gasteiger charge is 2.42. The predicted molar refractivity (Wildman–Crippen MR) is 100 cm³/mol. The SMILES string of the molecule is O=C(NCCCCN1CCC[C@@H]1CO)C1(c2cccc(F)c2)CCCC1. The van der Waals surface area contributed by atoms with Gasteiger partial charge in [0, 0.05) is 12.6 Å². The molecule has 1 saturated heterocycles. The Morgan fingerprint density at radius 1 is 1.27 bits per heavy atom. The number of rotatable bonds is 8. The number of nitrogens with one attached hydrogen (secondary N) is 1. The van der Waals surface area contributed by atoms with Crippen LogP contribution in [0.1, 0.15) is 56.9 Å². The topological polar surface area (TPSA) is 52.6 Å². The Labute approximate surface area is 155 Å². The summed E-state index contributed by atoms with van der Waals surface area (Å²) >= 11 is 0. The van der Waals surface area contributed by atoms with E-state index >= 15 is 0 Å². The van der Waals surface area contributed by atoms with E-state index in [1.807, 2.05) is 6.07 Å². The Morgan fingerprint density at radius 3 is 2.81 bits per heavy atom. The van der Waals surface area contributed by atoms with Crippen molar-refractivity contribution >= 4 is 5.91 Å². The summed E-state index contributed by atoms with van der Waals surface area (Å²) in [7, 11) is 0. The van der Waals surface area contributed by atoms with E-state index in [0.717, 1.165) is 70.0 Å². The number of halogens is 1. The zero-order chi connectivity index (χ0) is 18.4. The molecule has 144 valence electrons. The first-order valence-electron chi connectivity index (χ1n) is 10.0. The molecule has 2 fully saturated rings. The Bertz CT molecular complexity index is 601. The van der Waals surface area contributed by atoms with E-state index < -0.39 is 5.41 Å². The molecule has 1 aromatic rings. The van der Waals surface area contributed by atoms with Gasteiger partial charge < -0.3 is 10.4 Å². The molecule has 0 spiro atoms. The number of unbranched alkanes of at least 4 members (excludes halogenated alkanes) is 1. The molecule has 1 saturated carbocycles. The lowest BCUT2D eigenvalue weighted by molar-refractivity contribution is -0.126. The van der Waals surface area contributed by atoms with Crippen LogP contribution < -0.4 is 5.32 Å². The zero-order valence-corrected chi connectivity index (χ0v) is 15.6. The molecule has 5 heteroatoms. The van der Waals surface area contributed by atoms with Crippen LogP contribution in [-0.2, 0) is 10.2 Å². The summed E-state index contributed by atoms with van der Waals surface area (Å²) in [6.45, 7) is 2.96. The molecular weight excluding hydrogens is 331 g/mol. The summed E-state index contributed by atoms with van der Waals surface area (Å²) < 4.78 is 13.7. The molecule has 1 atom stereocenters. The first kappa shape index (κ1) is 19.3. The van der Waals surface area contributed by atoms with Gasteiger partial charge in [0.25, 0.3) is 0 Å². The molecule has 1 aliphatic carbocycles. The Balaban J connectivity index is 1.48. The quantitative estimate of drug-likeness (QED) is 0.699. The minimum absolute atomic E-state index is 0.0509. The van der Waals surface area contributed by atoms with Crippen LogP contribution >= 0.6 is 0 Å². The van der Waals surface area contributed by atoms with Gasteiger partial charge >= 0.3 is 0 Å². The number of hydrogen-bond donors (Lipinski definition) is 2. The monoisotopic (exact) mass is 362 g/mol. The molecular formula is C21H31FN2O2. The molecule has 2 N–H and O–H groups in total. The van der Waals surface area contributed by atoms with Crippen LogP contribution in [0.5, 0.6) is 0 Å². The Kier molecular flexibility index (Phi) is 6.65. The third-order valence-corrected chi connectivity index (χ3v) is 6.14. The van der Waals surface area contributed by atoms with Crippen molar-refractivity contribution in [2.45, 2.75) is 62.8 Å². The highest BCUT2D eigenvalue weighted by molar-refractivity contribution is 5.88. The standard InChI is InChI=1S/C21H31FN2O2/c22-18-8-5-7-17(15-18)21(10-1-2-11-21)20(26)23-12-3-4-13-24-14-6-9-19(24)16-25/h5,7-8,15,19,25H,1-4,6,9-14,16H2,(H,23,26)/t19-/m1/s1. The lowest BCUT2D eigenvalue weighted by atomic mass is 9.78. The minimum atomic E-state index is -0.557. The fraction of sp³-hybridized carbons (Fsp3) is 0.667. The van der Waals surface area contributed by atoms with Crippen LogP contribution in [0.2, 0.25) is 0 Å². The van der Waals surface area contributed by atoms with Gasteiger partial charge in [-0.05, 0) is 69.3 Å². The number of aliphatic hydroxyl groups is 1. The van der Waals surface area contributed by atoms with E-state index in [1.165, 1.54) is 12.1 Å². The van der Waals surface area contributed by atoms with E-state index in [4.69, 9.17) is 0 Å². The molecule has 0 unspecified atom stereocenters. The molecule has 0 aromatic heterocycles. The molecule has 1 aliphatic heterocycles. The van der Waals surface area contributed by atoms with E-state index in [0.29, 0.717) is 12.6 Å². The lowest BCUT2D eigenvalue weighted by Gasteiger charge is -2.28. The molecule has 26 heavy (non-hydrogen) atoms. The maximum absolute atomic E-state index is 13.7. The highest BCUT2D eigenvalue weighted by Crippen LogP contribution is 2.41. The summed E-state index contributed by atoms with van der Waals surface area (Å²) in [5, 5.41) is 12.5. The zero-order valence-electron chi connectivity index (χ0n) is 15.6. The van der Waals surface area contributed by atoms with Crippen LogP contribution in [0.25, 0.3) is 0 Å². The van der Waals surface area contributed by atoms with Gasteiger partial charge in [0.05, 0.1) is 12.0 Å². The number of carbonyl (C=O) groups excluding carboxylic acids is 1. The van der Waals surface area contributed by atoms with Crippen molar-refractivity contribution in [2.75, 3.05) is 26.2 Å². The first-order chi connectivity index (χ1) is 12.7. The van der Waals surface area contributed by atoms with Gasteiger partial charge in [0.2, 0.25) is 5.91 Å². The number of nitrogens with zero attached hydrogens (tertiary/aromatic N) is 1. The van der Waals surface area contributed by atoms with Crippen molar-refractivity contribution in [1.29, 1.82) is 0 Å². The summed E-state index contributed by atoms with van der Waals surface area (Å²) in [6.07, 6.45) is 7.83. The molecule has 2 aliphatic rings. The first-order valence-corrected chi connectivity index (χ1v) is 10.0. The molecule has 1 heterocycles. The Hall–Kier alpha value is -1.46. The summed E-state index contributed by atoms with van der Waals surface area (Å²) in [5.41, 5.74) is 0.259. The number of aliphatic hydroxyl groups excluding tert-OH is 1. The predicted octanol–water partition coefficient (Wildman–Crippen LogP) is 2.99. The maximum atomic E-state index is 13.7. The highest BCUT2D eigenvalue weighted by atomic mass is 19.1.